The van der Waals surface area contributed by atoms with Crippen molar-refractivity contribution in [3.63, 3.8) is 0 Å². The molecule has 0 aromatic carbocycles. The molecule has 0 spiro atoms. The number of rotatable bonds is 6. The minimum absolute atomic E-state index is 0.00259. The van der Waals surface area contributed by atoms with E-state index in [1.165, 1.54) is 4.90 Å². The molecular formula is C13H24N2O2. The van der Waals surface area contributed by atoms with E-state index >= 15 is 0 Å². The highest BCUT2D eigenvalue weighted by Crippen LogP contribution is 2.34. The first-order chi connectivity index (χ1) is 8.08. The van der Waals surface area contributed by atoms with Crippen LogP contribution in [0.2, 0.25) is 0 Å². The summed E-state index contributed by atoms with van der Waals surface area (Å²) < 4.78 is 0. The van der Waals surface area contributed by atoms with Crippen LogP contribution in [0.25, 0.3) is 0 Å². The molecular weight excluding hydrogens is 216 g/mol. The van der Waals surface area contributed by atoms with Crippen LogP contribution in [0.1, 0.15) is 53.4 Å². The van der Waals surface area contributed by atoms with Crippen LogP contribution in [-0.4, -0.2) is 40.4 Å². The smallest absolute Gasteiger partial charge is 0.310 e. The Bertz CT molecular complexity index is 298. The second-order valence-corrected chi connectivity index (χ2v) is 4.63. The van der Waals surface area contributed by atoms with Crippen LogP contribution in [0.5, 0.6) is 0 Å². The van der Waals surface area contributed by atoms with Crippen molar-refractivity contribution in [1.29, 1.82) is 0 Å². The molecule has 0 bridgehead atoms. The molecule has 1 heterocycles. The van der Waals surface area contributed by atoms with Gasteiger partial charge in [-0.3, -0.25) is 9.69 Å². The van der Waals surface area contributed by atoms with E-state index in [1.54, 1.807) is 4.90 Å². The second kappa shape index (κ2) is 5.52. The van der Waals surface area contributed by atoms with Gasteiger partial charge in [0.1, 0.15) is 5.54 Å². The number of nitrogens with zero attached hydrogens (tertiary/aromatic N) is 2. The summed E-state index contributed by atoms with van der Waals surface area (Å²) >= 11 is 0. The Balaban J connectivity index is 3.08. The number of carbonyl (C=O) groups is 2. The Morgan fingerprint density at radius 3 is 1.88 bits per heavy atom. The average molecular weight is 240 g/mol. The molecule has 4 heteroatoms. The zero-order valence-electron chi connectivity index (χ0n) is 11.5. The summed E-state index contributed by atoms with van der Waals surface area (Å²) in [4.78, 5) is 27.9. The van der Waals surface area contributed by atoms with E-state index in [4.69, 9.17) is 0 Å². The fourth-order valence-electron chi connectivity index (χ4n) is 2.67. The Kier molecular flexibility index (Phi) is 4.54. The molecule has 1 saturated heterocycles. The maximum atomic E-state index is 12.4. The standard InChI is InChI=1S/C13H24N2O2/c1-5-9-14-11(16)13(7-3,8-4)15(10-6-2)12(14)17/h5-10H2,1-4H3. The van der Waals surface area contributed by atoms with Crippen molar-refractivity contribution in [1.82, 2.24) is 9.80 Å². The van der Waals surface area contributed by atoms with E-state index in [9.17, 15) is 9.59 Å². The van der Waals surface area contributed by atoms with Crippen molar-refractivity contribution in [2.45, 2.75) is 58.9 Å². The molecule has 0 N–H and O–H groups in total. The fraction of sp³-hybridized carbons (Fsp3) is 0.846. The van der Waals surface area contributed by atoms with Crippen molar-refractivity contribution < 1.29 is 9.59 Å². The minimum Gasteiger partial charge on any atom is -0.310 e. The van der Waals surface area contributed by atoms with Crippen molar-refractivity contribution in [3.05, 3.63) is 0 Å². The summed E-state index contributed by atoms with van der Waals surface area (Å²) in [5.41, 5.74) is -0.581. The van der Waals surface area contributed by atoms with Gasteiger partial charge < -0.3 is 4.90 Å². The highest BCUT2D eigenvalue weighted by molar-refractivity contribution is 6.07. The lowest BCUT2D eigenvalue weighted by Crippen LogP contribution is -2.49. The van der Waals surface area contributed by atoms with Gasteiger partial charge >= 0.3 is 6.03 Å². The molecule has 0 radical (unpaired) electrons. The quantitative estimate of drug-likeness (QED) is 0.670. The zero-order valence-corrected chi connectivity index (χ0v) is 11.5. The molecule has 0 aromatic heterocycles. The van der Waals surface area contributed by atoms with Crippen LogP contribution in [0, 0.1) is 0 Å². The van der Waals surface area contributed by atoms with Gasteiger partial charge in [0.15, 0.2) is 0 Å². The molecule has 1 aliphatic heterocycles. The van der Waals surface area contributed by atoms with Crippen LogP contribution in [0.4, 0.5) is 4.79 Å². The molecule has 4 nitrogen and oxygen atoms in total. The van der Waals surface area contributed by atoms with Gasteiger partial charge in [0.2, 0.25) is 0 Å². The van der Waals surface area contributed by atoms with Gasteiger partial charge in [0, 0.05) is 13.1 Å². The number of imide groups is 1. The number of hydrogen-bond donors (Lipinski definition) is 0. The lowest BCUT2D eigenvalue weighted by Gasteiger charge is -2.33. The minimum atomic E-state index is -0.581. The van der Waals surface area contributed by atoms with Gasteiger partial charge in [-0.2, -0.15) is 0 Å². The summed E-state index contributed by atoms with van der Waals surface area (Å²) in [6, 6.07) is -0.0950. The lowest BCUT2D eigenvalue weighted by molar-refractivity contribution is -0.133. The monoisotopic (exact) mass is 240 g/mol. The molecule has 1 aliphatic rings. The van der Waals surface area contributed by atoms with Crippen LogP contribution < -0.4 is 0 Å². The van der Waals surface area contributed by atoms with Crippen LogP contribution in [-0.2, 0) is 4.79 Å². The van der Waals surface area contributed by atoms with Gasteiger partial charge in [-0.25, -0.2) is 4.79 Å². The maximum Gasteiger partial charge on any atom is 0.327 e. The van der Waals surface area contributed by atoms with Crippen molar-refractivity contribution >= 4 is 11.9 Å². The molecule has 0 aliphatic carbocycles. The highest BCUT2D eigenvalue weighted by Gasteiger charge is 2.54. The molecule has 1 rings (SSSR count). The molecule has 17 heavy (non-hydrogen) atoms. The third-order valence-corrected chi connectivity index (χ3v) is 3.69. The predicted molar refractivity (Wildman–Crippen MR) is 67.7 cm³/mol. The van der Waals surface area contributed by atoms with E-state index in [0.29, 0.717) is 25.9 Å². The van der Waals surface area contributed by atoms with Crippen LogP contribution in [0.3, 0.4) is 0 Å². The normalized spacial score (nSPS) is 19.3. The number of carbonyl (C=O) groups excluding carboxylic acids is 2. The van der Waals surface area contributed by atoms with Gasteiger partial charge in [0.25, 0.3) is 5.91 Å². The predicted octanol–water partition coefficient (Wildman–Crippen LogP) is 2.63. The average Bonchev–Trinajstić information content (AvgIpc) is 2.53. The third kappa shape index (κ3) is 2.05. The Morgan fingerprint density at radius 1 is 0.941 bits per heavy atom. The highest BCUT2D eigenvalue weighted by atomic mass is 16.2. The van der Waals surface area contributed by atoms with Crippen molar-refractivity contribution in [3.8, 4) is 0 Å². The maximum absolute atomic E-state index is 12.4. The molecule has 0 atom stereocenters. The van der Waals surface area contributed by atoms with E-state index in [-0.39, 0.29) is 11.9 Å². The Labute approximate surface area is 104 Å². The van der Waals surface area contributed by atoms with E-state index in [2.05, 4.69) is 0 Å². The molecule has 0 saturated carbocycles. The number of amides is 3. The largest absolute Gasteiger partial charge is 0.327 e. The fourth-order valence-corrected chi connectivity index (χ4v) is 2.67. The summed E-state index contributed by atoms with van der Waals surface area (Å²) in [6.45, 7) is 9.23. The summed E-state index contributed by atoms with van der Waals surface area (Å²) in [6.07, 6.45) is 3.12. The second-order valence-electron chi connectivity index (χ2n) is 4.63. The molecule has 98 valence electrons. The van der Waals surface area contributed by atoms with Gasteiger partial charge in [-0.1, -0.05) is 27.7 Å². The zero-order chi connectivity index (χ0) is 13.1. The summed E-state index contributed by atoms with van der Waals surface area (Å²) in [5, 5.41) is 0. The number of urea groups is 1. The molecule has 0 unspecified atom stereocenters. The topological polar surface area (TPSA) is 40.6 Å². The first-order valence-electron chi connectivity index (χ1n) is 6.72. The van der Waals surface area contributed by atoms with Gasteiger partial charge in [0.05, 0.1) is 0 Å². The summed E-state index contributed by atoms with van der Waals surface area (Å²) in [5.74, 6) is 0.00259. The van der Waals surface area contributed by atoms with Crippen molar-refractivity contribution in [2.75, 3.05) is 13.1 Å². The van der Waals surface area contributed by atoms with Crippen LogP contribution >= 0.6 is 0 Å². The Morgan fingerprint density at radius 2 is 1.47 bits per heavy atom. The SMILES string of the molecule is CCCN1C(=O)N(CCC)C(CC)(CC)C1=O. The van der Waals surface area contributed by atoms with E-state index < -0.39 is 5.54 Å². The molecule has 0 aromatic rings. The number of hydrogen-bond acceptors (Lipinski definition) is 2. The first-order valence-corrected chi connectivity index (χ1v) is 6.72. The van der Waals surface area contributed by atoms with Gasteiger partial charge in [-0.15, -0.1) is 0 Å². The van der Waals surface area contributed by atoms with Crippen LogP contribution in [0.15, 0.2) is 0 Å². The van der Waals surface area contributed by atoms with Gasteiger partial charge in [-0.05, 0) is 25.7 Å². The summed E-state index contributed by atoms with van der Waals surface area (Å²) in [7, 11) is 0. The Hall–Kier alpha value is -1.06. The first kappa shape index (κ1) is 14.0. The lowest BCUT2D eigenvalue weighted by atomic mass is 9.91. The molecule has 3 amide bonds. The third-order valence-electron chi connectivity index (χ3n) is 3.69. The van der Waals surface area contributed by atoms with E-state index in [1.807, 2.05) is 27.7 Å². The van der Waals surface area contributed by atoms with E-state index in [0.717, 1.165) is 12.8 Å². The van der Waals surface area contributed by atoms with Crippen molar-refractivity contribution in [2.24, 2.45) is 0 Å². The molecule has 1 fully saturated rings.